The van der Waals surface area contributed by atoms with Crippen molar-refractivity contribution in [3.63, 3.8) is 0 Å². The van der Waals surface area contributed by atoms with Gasteiger partial charge in [-0.3, -0.25) is 0 Å². The summed E-state index contributed by atoms with van der Waals surface area (Å²) >= 11 is 3.89. The highest BCUT2D eigenvalue weighted by Gasteiger charge is 2.17. The van der Waals surface area contributed by atoms with E-state index in [1.54, 1.807) is 0 Å². The molecule has 0 amide bonds. The highest BCUT2D eigenvalue weighted by Crippen LogP contribution is 2.42. The zero-order chi connectivity index (χ0) is 29.7. The van der Waals surface area contributed by atoms with Crippen molar-refractivity contribution in [1.29, 1.82) is 0 Å². The molecule has 1 nitrogen and oxygen atoms in total. The van der Waals surface area contributed by atoms with Crippen molar-refractivity contribution in [2.45, 2.75) is 0 Å². The van der Waals surface area contributed by atoms with Gasteiger partial charge in [0.2, 0.25) is 0 Å². The van der Waals surface area contributed by atoms with Gasteiger partial charge < -0.3 is 4.90 Å². The fraction of sp³-hybridized carbons (Fsp3) is 0. The predicted molar refractivity (Wildman–Crippen MR) is 191 cm³/mol. The van der Waals surface area contributed by atoms with Crippen LogP contribution in [0.5, 0.6) is 0 Å². The third-order valence-corrected chi connectivity index (χ3v) is 8.67. The third-order valence-electron chi connectivity index (χ3n) is 7.98. The van der Waals surface area contributed by atoms with Crippen molar-refractivity contribution in [2.75, 3.05) is 4.90 Å². The molecule has 0 bridgehead atoms. The van der Waals surface area contributed by atoms with Crippen LogP contribution in [0.1, 0.15) is 0 Å². The summed E-state index contributed by atoms with van der Waals surface area (Å²) < 4.78 is 1.06. The van der Waals surface area contributed by atoms with Gasteiger partial charge in [-0.25, -0.2) is 0 Å². The Bertz CT molecular complexity index is 1900. The van der Waals surface area contributed by atoms with Crippen LogP contribution in [0.25, 0.3) is 44.5 Å². The maximum atomic E-state index is 3.89. The molecule has 7 rings (SSSR count). The van der Waals surface area contributed by atoms with Crippen LogP contribution in [0.2, 0.25) is 0 Å². The van der Waals surface area contributed by atoms with Crippen LogP contribution in [-0.4, -0.2) is 0 Å². The van der Waals surface area contributed by atoms with E-state index in [-0.39, 0.29) is 0 Å². The van der Waals surface area contributed by atoms with Gasteiger partial charge in [0.1, 0.15) is 0 Å². The number of hydrogen-bond donors (Lipinski definition) is 0. The molecule has 2 heteroatoms. The highest BCUT2D eigenvalue weighted by molar-refractivity contribution is 9.10. The van der Waals surface area contributed by atoms with Crippen molar-refractivity contribution in [3.05, 3.63) is 186 Å². The first kappa shape index (κ1) is 27.6. The lowest BCUT2D eigenvalue weighted by molar-refractivity contribution is 1.28. The Balaban J connectivity index is 1.35. The molecule has 0 atom stereocenters. The molecule has 7 aromatic rings. The Morgan fingerprint density at radius 2 is 0.682 bits per heavy atom. The average Bonchev–Trinajstić information content (AvgIpc) is 3.11. The van der Waals surface area contributed by atoms with Gasteiger partial charge in [-0.2, -0.15) is 0 Å². The number of nitrogens with zero attached hydrogens (tertiary/aromatic N) is 1. The molecule has 0 unspecified atom stereocenters. The molecule has 44 heavy (non-hydrogen) atoms. The summed E-state index contributed by atoms with van der Waals surface area (Å²) in [6, 6.07) is 64.6. The SMILES string of the molecule is Brc1ccc(N(c2ccc(-c3ccccc3)cc2)c2ccc(-c3ccccc3)cc2)cc1-c1ccccc1-c1ccccc1. The molecule has 0 fully saturated rings. The fourth-order valence-corrected chi connectivity index (χ4v) is 6.22. The fourth-order valence-electron chi connectivity index (χ4n) is 5.76. The summed E-state index contributed by atoms with van der Waals surface area (Å²) in [5.41, 5.74) is 12.8. The molecule has 210 valence electrons. The van der Waals surface area contributed by atoms with Crippen LogP contribution in [0.15, 0.2) is 186 Å². The molecule has 0 radical (unpaired) electrons. The van der Waals surface area contributed by atoms with E-state index in [2.05, 4.69) is 203 Å². The maximum absolute atomic E-state index is 3.89. The topological polar surface area (TPSA) is 3.24 Å². The number of halogens is 1. The standard InChI is InChI=1S/C42H30BrN/c43-42-29-28-38(30-41(42)40-19-11-10-18-39(40)35-16-8-3-9-17-35)44(36-24-20-33(21-25-36)31-12-4-1-5-13-31)37-26-22-34(23-27-37)32-14-6-2-7-15-32/h1-30H. The molecule has 0 aliphatic heterocycles. The summed E-state index contributed by atoms with van der Waals surface area (Å²) in [5.74, 6) is 0. The number of hydrogen-bond acceptors (Lipinski definition) is 1. The normalized spacial score (nSPS) is 10.8. The molecule has 0 heterocycles. The van der Waals surface area contributed by atoms with Crippen molar-refractivity contribution < 1.29 is 0 Å². The van der Waals surface area contributed by atoms with Crippen LogP contribution in [0.4, 0.5) is 17.1 Å². The first-order chi connectivity index (χ1) is 21.7. The molecule has 7 aromatic carbocycles. The van der Waals surface area contributed by atoms with Crippen LogP contribution in [0.3, 0.4) is 0 Å². The van der Waals surface area contributed by atoms with Gasteiger partial charge in [0.15, 0.2) is 0 Å². The molecule has 0 saturated heterocycles. The first-order valence-electron chi connectivity index (χ1n) is 14.8. The third kappa shape index (κ3) is 5.73. The second-order valence-electron chi connectivity index (χ2n) is 10.7. The Hall–Kier alpha value is -5.18. The molecule has 0 aliphatic rings. The van der Waals surface area contributed by atoms with Crippen LogP contribution >= 0.6 is 15.9 Å². The van der Waals surface area contributed by atoms with Gasteiger partial charge >= 0.3 is 0 Å². The van der Waals surface area contributed by atoms with Crippen LogP contribution in [0, 0.1) is 0 Å². The highest BCUT2D eigenvalue weighted by atomic mass is 79.9. The summed E-state index contributed by atoms with van der Waals surface area (Å²) in [4.78, 5) is 2.34. The Morgan fingerprint density at radius 1 is 0.295 bits per heavy atom. The van der Waals surface area contributed by atoms with E-state index >= 15 is 0 Å². The molecule has 0 saturated carbocycles. The van der Waals surface area contributed by atoms with Gasteiger partial charge in [-0.15, -0.1) is 0 Å². The number of anilines is 3. The first-order valence-corrected chi connectivity index (χ1v) is 15.6. The van der Waals surface area contributed by atoms with Gasteiger partial charge in [0.25, 0.3) is 0 Å². The van der Waals surface area contributed by atoms with E-state index in [0.717, 1.165) is 27.1 Å². The lowest BCUT2D eigenvalue weighted by Gasteiger charge is -2.27. The van der Waals surface area contributed by atoms with Crippen molar-refractivity contribution >= 4 is 33.0 Å². The lowest BCUT2D eigenvalue weighted by atomic mass is 9.94. The minimum atomic E-state index is 1.06. The quantitative estimate of drug-likeness (QED) is 0.170. The van der Waals surface area contributed by atoms with Crippen LogP contribution < -0.4 is 4.90 Å². The lowest BCUT2D eigenvalue weighted by Crippen LogP contribution is -2.10. The van der Waals surface area contributed by atoms with Gasteiger partial charge in [0.05, 0.1) is 0 Å². The summed E-state index contributed by atoms with van der Waals surface area (Å²) in [6.45, 7) is 0. The second kappa shape index (κ2) is 12.6. The van der Waals surface area contributed by atoms with E-state index in [0.29, 0.717) is 0 Å². The largest absolute Gasteiger partial charge is 0.310 e. The number of benzene rings is 7. The molecule has 0 N–H and O–H groups in total. The van der Waals surface area contributed by atoms with Gasteiger partial charge in [-0.1, -0.05) is 155 Å². The average molecular weight is 629 g/mol. The molecule has 0 aliphatic carbocycles. The van der Waals surface area contributed by atoms with E-state index in [1.165, 1.54) is 38.9 Å². The summed E-state index contributed by atoms with van der Waals surface area (Å²) in [5, 5.41) is 0. The Labute approximate surface area is 267 Å². The van der Waals surface area contributed by atoms with Crippen molar-refractivity contribution in [1.82, 2.24) is 0 Å². The minimum Gasteiger partial charge on any atom is -0.310 e. The van der Waals surface area contributed by atoms with E-state index in [1.807, 2.05) is 0 Å². The zero-order valence-electron chi connectivity index (χ0n) is 24.1. The molecule has 0 spiro atoms. The predicted octanol–water partition coefficient (Wildman–Crippen LogP) is 12.6. The second-order valence-corrected chi connectivity index (χ2v) is 11.6. The monoisotopic (exact) mass is 627 g/mol. The van der Waals surface area contributed by atoms with Crippen molar-refractivity contribution in [2.24, 2.45) is 0 Å². The molecular weight excluding hydrogens is 598 g/mol. The van der Waals surface area contributed by atoms with Crippen molar-refractivity contribution in [3.8, 4) is 44.5 Å². The Morgan fingerprint density at radius 3 is 1.18 bits per heavy atom. The van der Waals surface area contributed by atoms with Gasteiger partial charge in [0, 0.05) is 21.5 Å². The number of rotatable bonds is 7. The molecule has 0 aromatic heterocycles. The summed E-state index contributed by atoms with van der Waals surface area (Å²) in [6.07, 6.45) is 0. The van der Waals surface area contributed by atoms with Crippen LogP contribution in [-0.2, 0) is 0 Å². The zero-order valence-corrected chi connectivity index (χ0v) is 25.7. The minimum absolute atomic E-state index is 1.06. The van der Waals surface area contributed by atoms with E-state index < -0.39 is 0 Å². The van der Waals surface area contributed by atoms with E-state index in [9.17, 15) is 0 Å². The maximum Gasteiger partial charge on any atom is 0.0468 e. The van der Waals surface area contributed by atoms with Gasteiger partial charge in [-0.05, 0) is 87.0 Å². The summed E-state index contributed by atoms with van der Waals surface area (Å²) in [7, 11) is 0. The Kier molecular flexibility index (Phi) is 7.91. The van der Waals surface area contributed by atoms with E-state index in [4.69, 9.17) is 0 Å². The smallest absolute Gasteiger partial charge is 0.0468 e. The molecular formula is C42H30BrN.